The smallest absolute Gasteiger partial charge is 0.141 e. The van der Waals surface area contributed by atoms with Crippen LogP contribution in [-0.4, -0.2) is 5.88 Å². The summed E-state index contributed by atoms with van der Waals surface area (Å²) < 4.78 is 12.7. The first kappa shape index (κ1) is 9.82. The summed E-state index contributed by atoms with van der Waals surface area (Å²) in [4.78, 5) is 0. The first-order valence-corrected chi connectivity index (χ1v) is 4.40. The van der Waals surface area contributed by atoms with Crippen molar-refractivity contribution in [2.24, 2.45) is 0 Å². The van der Waals surface area contributed by atoms with Crippen molar-refractivity contribution in [3.8, 4) is 0 Å². The Hall–Kier alpha value is -0.270. The molecule has 1 aromatic carbocycles. The van der Waals surface area contributed by atoms with Gasteiger partial charge in [-0.25, -0.2) is 4.39 Å². The highest BCUT2D eigenvalue weighted by Crippen LogP contribution is 2.22. The summed E-state index contributed by atoms with van der Waals surface area (Å²) in [6, 6.07) is 4.51. The molecule has 1 radical (unpaired) electrons. The van der Waals surface area contributed by atoms with E-state index in [4.69, 9.17) is 23.2 Å². The predicted octanol–water partition coefficient (Wildman–Crippen LogP) is 3.64. The third kappa shape index (κ3) is 2.11. The van der Waals surface area contributed by atoms with Crippen molar-refractivity contribution >= 4 is 23.2 Å². The van der Waals surface area contributed by atoms with Crippen LogP contribution >= 0.6 is 23.2 Å². The first-order chi connectivity index (χ1) is 5.65. The van der Waals surface area contributed by atoms with Gasteiger partial charge < -0.3 is 0 Å². The van der Waals surface area contributed by atoms with Crippen molar-refractivity contribution < 1.29 is 4.39 Å². The van der Waals surface area contributed by atoms with E-state index in [1.165, 1.54) is 6.07 Å². The monoisotopic (exact) mass is 205 g/mol. The Morgan fingerprint density at radius 1 is 1.50 bits per heavy atom. The third-order valence-electron chi connectivity index (χ3n) is 1.60. The van der Waals surface area contributed by atoms with E-state index in [-0.39, 0.29) is 10.9 Å². The molecule has 0 aliphatic carbocycles. The molecule has 12 heavy (non-hydrogen) atoms. The molecular formula is C9H8Cl2F. The number of rotatable bonds is 2. The van der Waals surface area contributed by atoms with Gasteiger partial charge in [-0.2, -0.15) is 0 Å². The molecule has 1 atom stereocenters. The Labute approximate surface area is 81.3 Å². The SMILES string of the molecule is [CH2]C(CCl)c1ccc(F)c(Cl)c1. The molecule has 0 saturated carbocycles. The predicted molar refractivity (Wildman–Crippen MR) is 50.2 cm³/mol. The average molecular weight is 206 g/mol. The zero-order valence-corrected chi connectivity index (χ0v) is 7.87. The molecule has 0 aromatic heterocycles. The second-order valence-electron chi connectivity index (χ2n) is 2.52. The number of benzene rings is 1. The van der Waals surface area contributed by atoms with E-state index in [0.717, 1.165) is 5.56 Å². The van der Waals surface area contributed by atoms with Gasteiger partial charge in [-0.1, -0.05) is 17.7 Å². The van der Waals surface area contributed by atoms with Gasteiger partial charge in [0.05, 0.1) is 5.02 Å². The van der Waals surface area contributed by atoms with E-state index >= 15 is 0 Å². The van der Waals surface area contributed by atoms with Crippen LogP contribution in [0.3, 0.4) is 0 Å². The maximum Gasteiger partial charge on any atom is 0.141 e. The van der Waals surface area contributed by atoms with Gasteiger partial charge in [-0.15, -0.1) is 11.6 Å². The lowest BCUT2D eigenvalue weighted by atomic mass is 10.0. The molecule has 1 aromatic rings. The van der Waals surface area contributed by atoms with Gasteiger partial charge >= 0.3 is 0 Å². The van der Waals surface area contributed by atoms with Crippen LogP contribution in [0.4, 0.5) is 4.39 Å². The zero-order valence-electron chi connectivity index (χ0n) is 6.36. The van der Waals surface area contributed by atoms with Crippen molar-refractivity contribution in [1.82, 2.24) is 0 Å². The summed E-state index contributed by atoms with van der Waals surface area (Å²) in [5.74, 6) is -0.0472. The second-order valence-corrected chi connectivity index (χ2v) is 3.24. The van der Waals surface area contributed by atoms with E-state index in [0.29, 0.717) is 5.88 Å². The molecule has 1 unspecified atom stereocenters. The van der Waals surface area contributed by atoms with Crippen LogP contribution in [-0.2, 0) is 0 Å². The van der Waals surface area contributed by atoms with Gasteiger partial charge in [-0.3, -0.25) is 0 Å². The van der Waals surface area contributed by atoms with E-state index in [1.54, 1.807) is 12.1 Å². The zero-order chi connectivity index (χ0) is 9.14. The molecule has 0 aliphatic rings. The van der Waals surface area contributed by atoms with E-state index in [2.05, 4.69) is 6.92 Å². The fourth-order valence-electron chi connectivity index (χ4n) is 0.855. The van der Waals surface area contributed by atoms with Crippen molar-refractivity contribution in [3.05, 3.63) is 41.5 Å². The van der Waals surface area contributed by atoms with E-state index in [1.807, 2.05) is 0 Å². The lowest BCUT2D eigenvalue weighted by Crippen LogP contribution is -1.95. The topological polar surface area (TPSA) is 0 Å². The maximum atomic E-state index is 12.7. The number of hydrogen-bond donors (Lipinski definition) is 0. The fraction of sp³-hybridized carbons (Fsp3) is 0.222. The summed E-state index contributed by atoms with van der Waals surface area (Å²) in [7, 11) is 0. The summed E-state index contributed by atoms with van der Waals surface area (Å²) in [6.45, 7) is 3.78. The molecule has 0 fully saturated rings. The molecule has 0 heterocycles. The highest BCUT2D eigenvalue weighted by molar-refractivity contribution is 6.30. The molecule has 0 bridgehead atoms. The third-order valence-corrected chi connectivity index (χ3v) is 2.26. The van der Waals surface area contributed by atoms with Crippen LogP contribution in [0.2, 0.25) is 5.02 Å². The van der Waals surface area contributed by atoms with Crippen LogP contribution in [0, 0.1) is 12.7 Å². The maximum absolute atomic E-state index is 12.7. The van der Waals surface area contributed by atoms with Crippen LogP contribution < -0.4 is 0 Å². The van der Waals surface area contributed by atoms with Gasteiger partial charge in [0.15, 0.2) is 0 Å². The normalized spacial score (nSPS) is 13.0. The van der Waals surface area contributed by atoms with Crippen LogP contribution in [0.15, 0.2) is 18.2 Å². The molecule has 65 valence electrons. The average Bonchev–Trinajstić information content (AvgIpc) is 2.08. The van der Waals surface area contributed by atoms with Gasteiger partial charge in [0.1, 0.15) is 5.82 Å². The quantitative estimate of drug-likeness (QED) is 0.648. The Kier molecular flexibility index (Phi) is 3.36. The number of hydrogen-bond acceptors (Lipinski definition) is 0. The number of halogens is 3. The molecule has 0 nitrogen and oxygen atoms in total. The number of alkyl halides is 1. The fourth-order valence-corrected chi connectivity index (χ4v) is 1.22. The van der Waals surface area contributed by atoms with Crippen LogP contribution in [0.5, 0.6) is 0 Å². The van der Waals surface area contributed by atoms with Crippen molar-refractivity contribution in [1.29, 1.82) is 0 Å². The van der Waals surface area contributed by atoms with Gasteiger partial charge in [0, 0.05) is 5.88 Å². The minimum atomic E-state index is -0.415. The minimum Gasteiger partial charge on any atom is -0.205 e. The Morgan fingerprint density at radius 3 is 2.67 bits per heavy atom. The summed E-state index contributed by atoms with van der Waals surface area (Å²) in [6.07, 6.45) is 0. The van der Waals surface area contributed by atoms with Crippen molar-refractivity contribution in [2.45, 2.75) is 5.92 Å². The summed E-state index contributed by atoms with van der Waals surface area (Å²) in [5.41, 5.74) is 0.858. The van der Waals surface area contributed by atoms with Crippen molar-refractivity contribution in [2.75, 3.05) is 5.88 Å². The van der Waals surface area contributed by atoms with Gasteiger partial charge in [-0.05, 0) is 30.5 Å². The van der Waals surface area contributed by atoms with E-state index < -0.39 is 5.82 Å². The molecule has 0 spiro atoms. The van der Waals surface area contributed by atoms with Gasteiger partial charge in [0.25, 0.3) is 0 Å². The largest absolute Gasteiger partial charge is 0.205 e. The first-order valence-electron chi connectivity index (χ1n) is 3.49. The van der Waals surface area contributed by atoms with E-state index in [9.17, 15) is 4.39 Å². The lowest BCUT2D eigenvalue weighted by molar-refractivity contribution is 0.627. The standard InChI is InChI=1S/C9H8Cl2F/c1-6(5-10)7-2-3-9(12)8(11)4-7/h2-4,6H,1,5H2. The van der Waals surface area contributed by atoms with Gasteiger partial charge in [0.2, 0.25) is 0 Å². The molecule has 0 amide bonds. The van der Waals surface area contributed by atoms with Crippen LogP contribution in [0.25, 0.3) is 0 Å². The molecule has 3 heteroatoms. The summed E-state index contributed by atoms with van der Waals surface area (Å²) >= 11 is 11.1. The molecule has 0 saturated heterocycles. The minimum absolute atomic E-state index is 0.0373. The highest BCUT2D eigenvalue weighted by Gasteiger charge is 2.06. The summed E-state index contributed by atoms with van der Waals surface area (Å²) in [5, 5.41) is 0.117. The lowest BCUT2D eigenvalue weighted by Gasteiger charge is -2.07. The second kappa shape index (κ2) is 4.11. The van der Waals surface area contributed by atoms with Crippen molar-refractivity contribution in [3.63, 3.8) is 0 Å². The molecule has 0 N–H and O–H groups in total. The Morgan fingerprint density at radius 2 is 2.17 bits per heavy atom. The molecule has 0 aliphatic heterocycles. The van der Waals surface area contributed by atoms with Crippen LogP contribution in [0.1, 0.15) is 11.5 Å². The highest BCUT2D eigenvalue weighted by atomic mass is 35.5. The Balaban J connectivity index is 2.96. The molecular weight excluding hydrogens is 198 g/mol. The Bertz CT molecular complexity index is 273. The molecule has 1 rings (SSSR count).